The lowest BCUT2D eigenvalue weighted by Gasteiger charge is -2.21. The molecule has 0 aromatic carbocycles. The monoisotopic (exact) mass is 920 g/mol. The normalized spacial score (nSPS) is 12.9. The number of rotatable bonds is 42. The summed E-state index contributed by atoms with van der Waals surface area (Å²) in [5.74, 6) is -10.1. The van der Waals surface area contributed by atoms with Crippen molar-refractivity contribution in [2.75, 3.05) is 52.7 Å². The van der Waals surface area contributed by atoms with Gasteiger partial charge in [-0.05, 0) is 90.1 Å². The largest absolute Gasteiger partial charge is 0.466 e. The summed E-state index contributed by atoms with van der Waals surface area (Å²) in [5, 5.41) is 9.49. The van der Waals surface area contributed by atoms with Gasteiger partial charge >= 0.3 is 36.1 Å². The molecule has 1 N–H and O–H groups in total. The fourth-order valence-electron chi connectivity index (χ4n) is 6.34. The maximum Gasteiger partial charge on any atom is 0.453 e. The molecule has 0 bridgehead atoms. The van der Waals surface area contributed by atoms with Gasteiger partial charge < -0.3 is 29.0 Å². The van der Waals surface area contributed by atoms with Crippen LogP contribution in [0.15, 0.2) is 12.2 Å². The van der Waals surface area contributed by atoms with E-state index in [9.17, 15) is 58.6 Å². The van der Waals surface area contributed by atoms with E-state index in [0.717, 1.165) is 90.1 Å². The van der Waals surface area contributed by atoms with Crippen LogP contribution in [0.4, 0.5) is 43.9 Å². The van der Waals surface area contributed by atoms with E-state index in [1.54, 1.807) is 0 Å². The zero-order valence-corrected chi connectivity index (χ0v) is 36.9. The number of hydrogen-bond donors (Lipinski definition) is 1. The van der Waals surface area contributed by atoms with E-state index in [4.69, 9.17) is 18.9 Å². The van der Waals surface area contributed by atoms with Crippen LogP contribution in [0.2, 0.25) is 0 Å². The highest BCUT2D eigenvalue weighted by Crippen LogP contribution is 2.40. The number of nitrogens with zero attached hydrogens (tertiary/aromatic N) is 1. The molecule has 0 atom stereocenters. The molecule has 0 saturated carbocycles. The Kier molecular flexibility index (Phi) is 34.8. The molecule has 0 rings (SSSR count). The molecule has 0 aromatic rings. The zero-order chi connectivity index (χ0) is 46.6. The molecule has 368 valence electrons. The molecule has 0 saturated heterocycles. The van der Waals surface area contributed by atoms with E-state index in [1.807, 2.05) is 0 Å². The maximum absolute atomic E-state index is 13.1. The van der Waals surface area contributed by atoms with Gasteiger partial charge in [0.05, 0.1) is 26.2 Å². The lowest BCUT2D eigenvalue weighted by molar-refractivity contribution is -0.284. The molecule has 0 amide bonds. The van der Waals surface area contributed by atoms with Crippen LogP contribution < -0.4 is 0 Å². The number of carbonyl (C=O) groups is 2. The first-order valence-corrected chi connectivity index (χ1v) is 22.8. The van der Waals surface area contributed by atoms with Crippen molar-refractivity contribution in [1.82, 2.24) is 4.90 Å². The molecule has 0 aromatic heterocycles. The van der Waals surface area contributed by atoms with Crippen LogP contribution in [0, 0.1) is 0 Å². The van der Waals surface area contributed by atoms with E-state index in [0.29, 0.717) is 51.7 Å². The van der Waals surface area contributed by atoms with Crippen LogP contribution >= 0.6 is 0 Å². The third-order valence-corrected chi connectivity index (χ3v) is 10.1. The third-order valence-electron chi connectivity index (χ3n) is 10.1. The number of carbonyl (C=O) groups excluding carboxylic acids is 2. The molecule has 18 heteroatoms. The van der Waals surface area contributed by atoms with Crippen LogP contribution in [0.25, 0.3) is 0 Å². The Morgan fingerprint density at radius 3 is 1.42 bits per heavy atom. The molecular formula is C44H75F10NO7. The third kappa shape index (κ3) is 33.3. The van der Waals surface area contributed by atoms with Crippen molar-refractivity contribution in [1.29, 1.82) is 0 Å². The van der Waals surface area contributed by atoms with Crippen LogP contribution in [0.3, 0.4) is 0 Å². The fraction of sp³-hybridized carbons (Fsp3) is 0.909. The van der Waals surface area contributed by atoms with Crippen molar-refractivity contribution in [3.63, 3.8) is 0 Å². The van der Waals surface area contributed by atoms with Crippen LogP contribution in [-0.2, 0) is 28.5 Å². The first kappa shape index (κ1) is 59.8. The molecule has 0 aliphatic heterocycles. The standard InChI is InChI=1S/C44H75F10NO7/c1-2-3-4-5-12-21-34-59-38(57)25-16-7-6-10-19-30-55(32-33-56)31-20-11-15-22-35-60-39(58)26-27-40(61-36-23-13-8-17-28-41(45,46)43(49,50)51)62-37-24-14-9-18-29-42(47,48)44(52,53)54/h3-4,40,56H,2,5-37H2,1H3/b4-3-. The Morgan fingerprint density at radius 1 is 0.516 bits per heavy atom. The SMILES string of the molecule is CC/C=C\CCCCOC(=O)CCCCCCCN(CCO)CCCCCCOC(=O)CCC(OCCCCCCC(F)(F)C(F)(F)F)OCCCCCCC(F)(F)C(F)(F)F. The molecule has 0 heterocycles. The Hall–Kier alpha value is -2.18. The smallest absolute Gasteiger partial charge is 0.453 e. The van der Waals surface area contributed by atoms with Crippen molar-refractivity contribution in [2.24, 2.45) is 0 Å². The second kappa shape index (κ2) is 36.1. The van der Waals surface area contributed by atoms with Crippen molar-refractivity contribution in [3.8, 4) is 0 Å². The highest BCUT2D eigenvalue weighted by atomic mass is 19.4. The number of allylic oxidation sites excluding steroid dienone is 2. The molecule has 0 radical (unpaired) electrons. The van der Waals surface area contributed by atoms with Gasteiger partial charge in [0.2, 0.25) is 0 Å². The first-order chi connectivity index (χ1) is 29.4. The molecular weight excluding hydrogens is 844 g/mol. The van der Waals surface area contributed by atoms with Gasteiger partial charge in [-0.25, -0.2) is 0 Å². The van der Waals surface area contributed by atoms with Crippen LogP contribution in [-0.4, -0.2) is 105 Å². The maximum atomic E-state index is 13.1. The number of hydrogen-bond acceptors (Lipinski definition) is 8. The van der Waals surface area contributed by atoms with Crippen molar-refractivity contribution in [2.45, 2.75) is 204 Å². The number of aliphatic hydroxyl groups excluding tert-OH is 1. The van der Waals surface area contributed by atoms with Gasteiger partial charge in [-0.15, -0.1) is 0 Å². The summed E-state index contributed by atoms with van der Waals surface area (Å²) in [5.41, 5.74) is 0. The topological polar surface area (TPSA) is 94.5 Å². The summed E-state index contributed by atoms with van der Waals surface area (Å²) in [6.45, 7) is 5.29. The van der Waals surface area contributed by atoms with Crippen molar-refractivity contribution in [3.05, 3.63) is 12.2 Å². The second-order valence-electron chi connectivity index (χ2n) is 15.8. The Morgan fingerprint density at radius 2 is 0.935 bits per heavy atom. The zero-order valence-electron chi connectivity index (χ0n) is 36.9. The summed E-state index contributed by atoms with van der Waals surface area (Å²) in [6, 6.07) is 0. The minimum Gasteiger partial charge on any atom is -0.466 e. The van der Waals surface area contributed by atoms with Crippen LogP contribution in [0.1, 0.15) is 174 Å². The van der Waals surface area contributed by atoms with E-state index >= 15 is 0 Å². The quantitative estimate of drug-likeness (QED) is 0.0213. The minimum atomic E-state index is -5.60. The van der Waals surface area contributed by atoms with Gasteiger partial charge in [0.1, 0.15) is 0 Å². The van der Waals surface area contributed by atoms with E-state index in [1.165, 1.54) is 0 Å². The molecule has 0 fully saturated rings. The van der Waals surface area contributed by atoms with E-state index < -0.39 is 49.3 Å². The molecule has 0 spiro atoms. The molecule has 62 heavy (non-hydrogen) atoms. The number of esters is 2. The minimum absolute atomic E-state index is 0.0647. The molecule has 0 aliphatic carbocycles. The Labute approximate surface area is 363 Å². The van der Waals surface area contributed by atoms with Gasteiger partial charge in [0.15, 0.2) is 6.29 Å². The van der Waals surface area contributed by atoms with Gasteiger partial charge in [-0.2, -0.15) is 43.9 Å². The average Bonchev–Trinajstić information content (AvgIpc) is 3.19. The van der Waals surface area contributed by atoms with Gasteiger partial charge in [-0.3, -0.25) is 9.59 Å². The predicted octanol–water partition coefficient (Wildman–Crippen LogP) is 12.8. The van der Waals surface area contributed by atoms with Gasteiger partial charge in [0, 0.05) is 45.4 Å². The molecule has 0 unspecified atom stereocenters. The number of alkyl halides is 10. The second-order valence-corrected chi connectivity index (χ2v) is 15.8. The number of halogens is 10. The molecule has 0 aliphatic rings. The average molecular weight is 920 g/mol. The Balaban J connectivity index is 4.34. The van der Waals surface area contributed by atoms with E-state index in [-0.39, 0.29) is 70.9 Å². The van der Waals surface area contributed by atoms with Crippen LogP contribution in [0.5, 0.6) is 0 Å². The molecule has 8 nitrogen and oxygen atoms in total. The summed E-state index contributed by atoms with van der Waals surface area (Å²) < 4.78 is 149. The van der Waals surface area contributed by atoms with Gasteiger partial charge in [0.25, 0.3) is 0 Å². The fourth-order valence-corrected chi connectivity index (χ4v) is 6.34. The van der Waals surface area contributed by atoms with Crippen molar-refractivity contribution < 1.29 is 77.5 Å². The number of ether oxygens (including phenoxy) is 4. The number of aliphatic hydroxyl groups is 1. The van der Waals surface area contributed by atoms with E-state index in [2.05, 4.69) is 24.0 Å². The summed E-state index contributed by atoms with van der Waals surface area (Å²) in [7, 11) is 0. The number of unbranched alkanes of at least 4 members (excludes halogenated alkanes) is 15. The lowest BCUT2D eigenvalue weighted by Crippen LogP contribution is -2.36. The summed E-state index contributed by atoms with van der Waals surface area (Å²) in [4.78, 5) is 26.6. The predicted molar refractivity (Wildman–Crippen MR) is 218 cm³/mol. The highest BCUT2D eigenvalue weighted by Gasteiger charge is 2.57. The summed E-state index contributed by atoms with van der Waals surface area (Å²) in [6.07, 6.45) is 2.94. The lowest BCUT2D eigenvalue weighted by atomic mass is 10.1. The highest BCUT2D eigenvalue weighted by molar-refractivity contribution is 5.69. The van der Waals surface area contributed by atoms with Gasteiger partial charge in [-0.1, -0.05) is 76.9 Å². The Bertz CT molecular complexity index is 1090. The first-order valence-electron chi connectivity index (χ1n) is 22.8. The summed E-state index contributed by atoms with van der Waals surface area (Å²) >= 11 is 0. The van der Waals surface area contributed by atoms with Crippen molar-refractivity contribution >= 4 is 11.9 Å².